The molecule has 2 fully saturated rings. The third-order valence-electron chi connectivity index (χ3n) is 4.58. The molecule has 104 valence electrons. The third kappa shape index (κ3) is 2.55. The van der Waals surface area contributed by atoms with E-state index in [0.717, 1.165) is 32.5 Å². The van der Waals surface area contributed by atoms with Crippen molar-refractivity contribution in [3.8, 4) is 0 Å². The number of piperidine rings is 1. The Morgan fingerprint density at radius 3 is 2.89 bits per heavy atom. The van der Waals surface area contributed by atoms with E-state index in [1.165, 1.54) is 5.56 Å². The van der Waals surface area contributed by atoms with Gasteiger partial charge in [0.15, 0.2) is 0 Å². The number of ether oxygens (including phenoxy) is 1. The molecule has 3 rings (SSSR count). The van der Waals surface area contributed by atoms with Gasteiger partial charge in [-0.1, -0.05) is 30.3 Å². The highest BCUT2D eigenvalue weighted by molar-refractivity contribution is 5.15. The highest BCUT2D eigenvalue weighted by Gasteiger charge is 2.49. The molecule has 1 aromatic carbocycles. The number of nitrogens with zero attached hydrogens (tertiary/aromatic N) is 1. The predicted octanol–water partition coefficient (Wildman–Crippen LogP) is 2.05. The molecule has 19 heavy (non-hydrogen) atoms. The van der Waals surface area contributed by atoms with E-state index < -0.39 is 0 Å². The number of hydrogen-bond donors (Lipinski definition) is 1. The Labute approximate surface area is 115 Å². The van der Waals surface area contributed by atoms with Gasteiger partial charge in [-0.05, 0) is 25.3 Å². The summed E-state index contributed by atoms with van der Waals surface area (Å²) in [6.45, 7) is 5.36. The maximum Gasteiger partial charge on any atom is 0.0682 e. The first-order valence-corrected chi connectivity index (χ1v) is 7.24. The van der Waals surface area contributed by atoms with Crippen LogP contribution in [0.3, 0.4) is 0 Å². The molecule has 3 heteroatoms. The average Bonchev–Trinajstić information content (AvgIpc) is 2.76. The Hall–Kier alpha value is -0.900. The van der Waals surface area contributed by atoms with Crippen LogP contribution in [0.15, 0.2) is 30.3 Å². The molecule has 2 aliphatic heterocycles. The number of aliphatic hydroxyl groups is 1. The summed E-state index contributed by atoms with van der Waals surface area (Å²) in [5.74, 6) is 0. The molecule has 0 amide bonds. The SMILES string of the molecule is C[C@@H]1C[C@]2(CO)CN(Cc3ccccc3)CC[C@H]2O1. The maximum atomic E-state index is 9.85. The Morgan fingerprint density at radius 1 is 1.37 bits per heavy atom. The molecule has 1 aromatic rings. The largest absolute Gasteiger partial charge is 0.396 e. The van der Waals surface area contributed by atoms with Gasteiger partial charge in [0.2, 0.25) is 0 Å². The van der Waals surface area contributed by atoms with Crippen LogP contribution in [0, 0.1) is 5.41 Å². The second kappa shape index (κ2) is 5.23. The molecule has 0 bridgehead atoms. The van der Waals surface area contributed by atoms with Crippen molar-refractivity contribution in [1.82, 2.24) is 4.90 Å². The first kappa shape index (κ1) is 13.1. The zero-order valence-electron chi connectivity index (χ0n) is 11.6. The quantitative estimate of drug-likeness (QED) is 0.904. The van der Waals surface area contributed by atoms with Gasteiger partial charge in [-0.2, -0.15) is 0 Å². The van der Waals surface area contributed by atoms with Crippen LogP contribution in [0.1, 0.15) is 25.3 Å². The minimum Gasteiger partial charge on any atom is -0.396 e. The lowest BCUT2D eigenvalue weighted by Gasteiger charge is -2.42. The molecular weight excluding hydrogens is 238 g/mol. The topological polar surface area (TPSA) is 32.7 Å². The van der Waals surface area contributed by atoms with Crippen molar-refractivity contribution in [2.75, 3.05) is 19.7 Å². The van der Waals surface area contributed by atoms with Crippen molar-refractivity contribution in [3.05, 3.63) is 35.9 Å². The third-order valence-corrected chi connectivity index (χ3v) is 4.58. The van der Waals surface area contributed by atoms with Gasteiger partial charge in [0.1, 0.15) is 0 Å². The Balaban J connectivity index is 1.70. The fourth-order valence-corrected chi connectivity index (χ4v) is 3.73. The van der Waals surface area contributed by atoms with Gasteiger partial charge in [-0.3, -0.25) is 4.90 Å². The first-order chi connectivity index (χ1) is 9.22. The van der Waals surface area contributed by atoms with Crippen LogP contribution in [0.5, 0.6) is 0 Å². The Kier molecular flexibility index (Phi) is 3.61. The molecular formula is C16H23NO2. The molecule has 2 heterocycles. The van der Waals surface area contributed by atoms with Gasteiger partial charge in [-0.15, -0.1) is 0 Å². The molecule has 0 radical (unpaired) electrons. The maximum absolute atomic E-state index is 9.85. The smallest absolute Gasteiger partial charge is 0.0682 e. The van der Waals surface area contributed by atoms with Gasteiger partial charge < -0.3 is 9.84 Å². The van der Waals surface area contributed by atoms with Crippen LogP contribution in [-0.2, 0) is 11.3 Å². The summed E-state index contributed by atoms with van der Waals surface area (Å²) < 4.78 is 5.97. The van der Waals surface area contributed by atoms with Gasteiger partial charge >= 0.3 is 0 Å². The molecule has 3 atom stereocenters. The minimum atomic E-state index is -0.0353. The molecule has 2 aliphatic rings. The highest BCUT2D eigenvalue weighted by atomic mass is 16.5. The summed E-state index contributed by atoms with van der Waals surface area (Å²) >= 11 is 0. The number of benzene rings is 1. The van der Waals surface area contributed by atoms with Gasteiger partial charge in [0.25, 0.3) is 0 Å². The lowest BCUT2D eigenvalue weighted by Crippen LogP contribution is -2.51. The minimum absolute atomic E-state index is 0.0353. The van der Waals surface area contributed by atoms with E-state index in [1.54, 1.807) is 0 Å². The number of rotatable bonds is 3. The van der Waals surface area contributed by atoms with E-state index in [-0.39, 0.29) is 24.2 Å². The second-order valence-corrected chi connectivity index (χ2v) is 6.14. The van der Waals surface area contributed by atoms with Crippen LogP contribution in [-0.4, -0.2) is 41.9 Å². The fourth-order valence-electron chi connectivity index (χ4n) is 3.73. The van der Waals surface area contributed by atoms with Crippen molar-refractivity contribution < 1.29 is 9.84 Å². The summed E-state index contributed by atoms with van der Waals surface area (Å²) in [4.78, 5) is 2.46. The number of hydrogen-bond acceptors (Lipinski definition) is 3. The van der Waals surface area contributed by atoms with Crippen molar-refractivity contribution >= 4 is 0 Å². The van der Waals surface area contributed by atoms with Crippen LogP contribution < -0.4 is 0 Å². The zero-order chi connectivity index (χ0) is 13.3. The van der Waals surface area contributed by atoms with Crippen LogP contribution in [0.2, 0.25) is 0 Å². The molecule has 3 nitrogen and oxygen atoms in total. The van der Waals surface area contributed by atoms with E-state index in [0.29, 0.717) is 0 Å². The molecule has 1 N–H and O–H groups in total. The first-order valence-electron chi connectivity index (χ1n) is 7.24. The van der Waals surface area contributed by atoms with Crippen molar-refractivity contribution in [3.63, 3.8) is 0 Å². The van der Waals surface area contributed by atoms with Crippen molar-refractivity contribution in [2.24, 2.45) is 5.41 Å². The summed E-state index contributed by atoms with van der Waals surface area (Å²) in [6, 6.07) is 10.6. The number of fused-ring (bicyclic) bond motifs is 1. The summed E-state index contributed by atoms with van der Waals surface area (Å²) in [5.41, 5.74) is 1.31. The fraction of sp³-hybridized carbons (Fsp3) is 0.625. The number of aliphatic hydroxyl groups excluding tert-OH is 1. The van der Waals surface area contributed by atoms with Crippen LogP contribution >= 0.6 is 0 Å². The Bertz CT molecular complexity index is 422. The van der Waals surface area contributed by atoms with Gasteiger partial charge in [0.05, 0.1) is 18.8 Å². The number of likely N-dealkylation sites (tertiary alicyclic amines) is 1. The molecule has 0 spiro atoms. The lowest BCUT2D eigenvalue weighted by molar-refractivity contribution is -0.0558. The summed E-state index contributed by atoms with van der Waals surface area (Å²) in [6.07, 6.45) is 2.56. The zero-order valence-corrected chi connectivity index (χ0v) is 11.6. The molecule has 2 saturated heterocycles. The average molecular weight is 261 g/mol. The standard InChI is InChI=1S/C16H23NO2/c1-13-9-16(12-18)11-17(8-7-15(16)19-13)10-14-5-3-2-4-6-14/h2-6,13,15,18H,7-12H2,1H3/t13-,15-,16-/m1/s1. The molecule has 0 aliphatic carbocycles. The van der Waals surface area contributed by atoms with E-state index in [1.807, 2.05) is 0 Å². The van der Waals surface area contributed by atoms with E-state index in [2.05, 4.69) is 42.2 Å². The molecule has 0 aromatic heterocycles. The van der Waals surface area contributed by atoms with Gasteiger partial charge in [0, 0.05) is 25.0 Å². The van der Waals surface area contributed by atoms with E-state index in [9.17, 15) is 5.11 Å². The molecule has 0 unspecified atom stereocenters. The monoisotopic (exact) mass is 261 g/mol. The van der Waals surface area contributed by atoms with E-state index >= 15 is 0 Å². The summed E-state index contributed by atoms with van der Waals surface area (Å²) in [5, 5.41) is 9.85. The highest BCUT2D eigenvalue weighted by Crippen LogP contribution is 2.43. The normalized spacial score (nSPS) is 35.3. The second-order valence-electron chi connectivity index (χ2n) is 6.14. The predicted molar refractivity (Wildman–Crippen MR) is 74.8 cm³/mol. The van der Waals surface area contributed by atoms with Crippen molar-refractivity contribution in [2.45, 2.75) is 38.5 Å². The lowest BCUT2D eigenvalue weighted by atomic mass is 9.76. The van der Waals surface area contributed by atoms with Gasteiger partial charge in [-0.25, -0.2) is 0 Å². The molecule has 0 saturated carbocycles. The van der Waals surface area contributed by atoms with E-state index in [4.69, 9.17) is 4.74 Å². The van der Waals surface area contributed by atoms with Crippen LogP contribution in [0.4, 0.5) is 0 Å². The van der Waals surface area contributed by atoms with Crippen LogP contribution in [0.25, 0.3) is 0 Å². The van der Waals surface area contributed by atoms with Crippen molar-refractivity contribution in [1.29, 1.82) is 0 Å². The summed E-state index contributed by atoms with van der Waals surface area (Å²) in [7, 11) is 0. The Morgan fingerprint density at radius 2 is 2.16 bits per heavy atom.